The molecule has 0 spiro atoms. The zero-order valence-corrected chi connectivity index (χ0v) is 11.4. The normalized spacial score (nSPS) is 10.2. The second kappa shape index (κ2) is 5.99. The molecule has 1 heterocycles. The summed E-state index contributed by atoms with van der Waals surface area (Å²) in [6.45, 7) is -0.397. The number of nitro groups is 1. The maximum absolute atomic E-state index is 12.2. The van der Waals surface area contributed by atoms with E-state index in [1.807, 2.05) is 5.32 Å². The van der Waals surface area contributed by atoms with Gasteiger partial charge in [0, 0.05) is 19.2 Å². The molecule has 0 bridgehead atoms. The Balaban J connectivity index is 2.33. The van der Waals surface area contributed by atoms with Gasteiger partial charge in [0.1, 0.15) is 6.54 Å². The number of nitrogens with zero attached hydrogens (tertiary/aromatic N) is 3. The lowest BCUT2D eigenvalue weighted by Gasteiger charge is -2.06. The van der Waals surface area contributed by atoms with Crippen LogP contribution in [0.15, 0.2) is 29.3 Å². The number of nitrogens with one attached hydrogen (secondary N) is 2. The molecule has 10 nitrogen and oxygen atoms in total. The Kier molecular flexibility index (Phi) is 4.11. The lowest BCUT2D eigenvalue weighted by atomic mass is 10.2. The summed E-state index contributed by atoms with van der Waals surface area (Å²) in [6, 6.07) is 2.93. The van der Waals surface area contributed by atoms with Gasteiger partial charge in [0.25, 0.3) is 11.2 Å². The van der Waals surface area contributed by atoms with Gasteiger partial charge in [0.15, 0.2) is 0 Å². The minimum atomic E-state index is -0.692. The van der Waals surface area contributed by atoms with Crippen molar-refractivity contribution in [2.24, 2.45) is 0 Å². The third-order valence-electron chi connectivity index (χ3n) is 2.81. The molecule has 0 saturated carbocycles. The fourth-order valence-electron chi connectivity index (χ4n) is 1.76. The van der Waals surface area contributed by atoms with Gasteiger partial charge < -0.3 is 5.32 Å². The highest BCUT2D eigenvalue weighted by Crippen LogP contribution is 2.16. The number of imide groups is 1. The zero-order chi connectivity index (χ0) is 16.3. The standard InChI is InChI=1S/C12H11N5O5/c1-13-12(20)15-10(18)5-16-6-14-9-4-7(17(21)22)2-3-8(9)11(16)19/h2-4,6H,5H2,1H3,(H2,13,15,18,20). The van der Waals surface area contributed by atoms with Crippen molar-refractivity contribution in [3.63, 3.8) is 0 Å². The summed E-state index contributed by atoms with van der Waals surface area (Å²) in [5, 5.41) is 15.0. The SMILES string of the molecule is CNC(=O)NC(=O)Cn1cnc2cc([N+](=O)[O-])ccc2c1=O. The van der Waals surface area contributed by atoms with Crippen LogP contribution in [0.25, 0.3) is 10.9 Å². The molecule has 1 aromatic carbocycles. The number of aromatic nitrogens is 2. The largest absolute Gasteiger partial charge is 0.341 e. The van der Waals surface area contributed by atoms with E-state index in [1.165, 1.54) is 25.2 Å². The second-order valence-corrected chi connectivity index (χ2v) is 4.26. The van der Waals surface area contributed by atoms with Crippen molar-refractivity contribution in [2.75, 3.05) is 7.05 Å². The maximum atomic E-state index is 12.2. The van der Waals surface area contributed by atoms with Crippen molar-refractivity contribution in [1.29, 1.82) is 0 Å². The molecule has 3 amide bonds. The van der Waals surface area contributed by atoms with Crippen LogP contribution in [0.4, 0.5) is 10.5 Å². The number of benzene rings is 1. The minimum Gasteiger partial charge on any atom is -0.341 e. The van der Waals surface area contributed by atoms with Crippen molar-refractivity contribution in [3.05, 3.63) is 45.0 Å². The quantitative estimate of drug-likeness (QED) is 0.593. The Hall–Kier alpha value is -3.30. The van der Waals surface area contributed by atoms with Gasteiger partial charge in [-0.1, -0.05) is 0 Å². The fraction of sp³-hybridized carbons (Fsp3) is 0.167. The molecule has 2 aromatic rings. The van der Waals surface area contributed by atoms with Crippen molar-refractivity contribution in [1.82, 2.24) is 20.2 Å². The third-order valence-corrected chi connectivity index (χ3v) is 2.81. The number of fused-ring (bicyclic) bond motifs is 1. The summed E-state index contributed by atoms with van der Waals surface area (Å²) in [4.78, 5) is 48.7. The van der Waals surface area contributed by atoms with E-state index in [2.05, 4.69) is 10.3 Å². The van der Waals surface area contributed by atoms with E-state index in [0.29, 0.717) is 0 Å². The molecule has 22 heavy (non-hydrogen) atoms. The van der Waals surface area contributed by atoms with Crippen molar-refractivity contribution >= 4 is 28.5 Å². The number of nitro benzene ring substituents is 1. The van der Waals surface area contributed by atoms with Crippen LogP contribution in [-0.4, -0.2) is 33.5 Å². The topological polar surface area (TPSA) is 136 Å². The van der Waals surface area contributed by atoms with E-state index in [9.17, 15) is 24.5 Å². The van der Waals surface area contributed by atoms with Gasteiger partial charge in [-0.3, -0.25) is 29.6 Å². The number of rotatable bonds is 3. The molecule has 0 unspecified atom stereocenters. The number of urea groups is 1. The Morgan fingerprint density at radius 1 is 1.41 bits per heavy atom. The minimum absolute atomic E-state index is 0.140. The van der Waals surface area contributed by atoms with Crippen LogP contribution in [0.1, 0.15) is 0 Å². The molecular formula is C12H11N5O5. The molecule has 0 saturated heterocycles. The molecule has 0 aliphatic heterocycles. The van der Waals surface area contributed by atoms with Crippen molar-refractivity contribution < 1.29 is 14.5 Å². The smallest absolute Gasteiger partial charge is 0.321 e. The Morgan fingerprint density at radius 2 is 2.14 bits per heavy atom. The Morgan fingerprint density at radius 3 is 2.77 bits per heavy atom. The predicted molar refractivity (Wildman–Crippen MR) is 75.3 cm³/mol. The van der Waals surface area contributed by atoms with Crippen LogP contribution >= 0.6 is 0 Å². The zero-order valence-electron chi connectivity index (χ0n) is 11.4. The molecule has 114 valence electrons. The van der Waals surface area contributed by atoms with Gasteiger partial charge in [-0.05, 0) is 6.07 Å². The van der Waals surface area contributed by atoms with Gasteiger partial charge in [0.05, 0.1) is 22.2 Å². The van der Waals surface area contributed by atoms with Crippen molar-refractivity contribution in [2.45, 2.75) is 6.54 Å². The summed E-state index contributed by atoms with van der Waals surface area (Å²) in [6.07, 6.45) is 1.10. The van der Waals surface area contributed by atoms with Gasteiger partial charge in [-0.15, -0.1) is 0 Å². The maximum Gasteiger partial charge on any atom is 0.321 e. The predicted octanol–water partition coefficient (Wildman–Crippen LogP) is -0.240. The Bertz CT molecular complexity index is 828. The van der Waals surface area contributed by atoms with Gasteiger partial charge in [-0.2, -0.15) is 0 Å². The lowest BCUT2D eigenvalue weighted by molar-refractivity contribution is -0.384. The molecule has 0 fully saturated rings. The lowest BCUT2D eigenvalue weighted by Crippen LogP contribution is -2.40. The molecular weight excluding hydrogens is 294 g/mol. The van der Waals surface area contributed by atoms with Crippen LogP contribution in [0.3, 0.4) is 0 Å². The van der Waals surface area contributed by atoms with E-state index < -0.39 is 29.0 Å². The van der Waals surface area contributed by atoms with E-state index in [1.54, 1.807) is 0 Å². The summed E-state index contributed by atoms with van der Waals surface area (Å²) in [7, 11) is 1.35. The molecule has 2 rings (SSSR count). The van der Waals surface area contributed by atoms with E-state index in [4.69, 9.17) is 0 Å². The summed E-state index contributed by atoms with van der Waals surface area (Å²) < 4.78 is 1.01. The number of carbonyl (C=O) groups is 2. The summed E-state index contributed by atoms with van der Waals surface area (Å²) >= 11 is 0. The highest BCUT2D eigenvalue weighted by molar-refractivity contribution is 5.94. The number of non-ortho nitro benzene ring substituents is 1. The van der Waals surface area contributed by atoms with Gasteiger partial charge >= 0.3 is 6.03 Å². The number of hydrogen-bond acceptors (Lipinski definition) is 6. The fourth-order valence-corrected chi connectivity index (χ4v) is 1.76. The van der Waals surface area contributed by atoms with Gasteiger partial charge in [0.2, 0.25) is 5.91 Å². The monoisotopic (exact) mass is 305 g/mol. The molecule has 0 atom stereocenters. The van der Waals surface area contributed by atoms with E-state index >= 15 is 0 Å². The first-order valence-electron chi connectivity index (χ1n) is 6.07. The number of hydrogen-bond donors (Lipinski definition) is 2. The highest BCUT2D eigenvalue weighted by Gasteiger charge is 2.12. The molecule has 10 heteroatoms. The molecule has 2 N–H and O–H groups in total. The molecule has 0 radical (unpaired) electrons. The average Bonchev–Trinajstić information content (AvgIpc) is 2.49. The van der Waals surface area contributed by atoms with Crippen LogP contribution in [0.5, 0.6) is 0 Å². The van der Waals surface area contributed by atoms with Crippen LogP contribution in [0, 0.1) is 10.1 Å². The first kappa shape index (κ1) is 15.1. The average molecular weight is 305 g/mol. The van der Waals surface area contributed by atoms with E-state index in [0.717, 1.165) is 10.9 Å². The summed E-state index contributed by atoms with van der Waals surface area (Å²) in [5.74, 6) is -0.690. The van der Waals surface area contributed by atoms with Gasteiger partial charge in [-0.25, -0.2) is 9.78 Å². The Labute approximate surface area is 122 Å². The highest BCUT2D eigenvalue weighted by atomic mass is 16.6. The first-order chi connectivity index (χ1) is 10.4. The molecule has 0 aliphatic rings. The van der Waals surface area contributed by atoms with Crippen LogP contribution in [-0.2, 0) is 11.3 Å². The number of carbonyl (C=O) groups excluding carboxylic acids is 2. The van der Waals surface area contributed by atoms with Crippen molar-refractivity contribution in [3.8, 4) is 0 Å². The third kappa shape index (κ3) is 3.06. The second-order valence-electron chi connectivity index (χ2n) is 4.26. The molecule has 0 aliphatic carbocycles. The van der Waals surface area contributed by atoms with E-state index in [-0.39, 0.29) is 16.6 Å². The molecule has 1 aromatic heterocycles. The first-order valence-corrected chi connectivity index (χ1v) is 6.07. The summed E-state index contributed by atoms with van der Waals surface area (Å²) in [5.41, 5.74) is -0.566. The van der Waals surface area contributed by atoms with Crippen LogP contribution in [0.2, 0.25) is 0 Å². The van der Waals surface area contributed by atoms with Crippen LogP contribution < -0.4 is 16.2 Å². The number of amides is 3.